The zero-order valence-corrected chi connectivity index (χ0v) is 8.79. The highest BCUT2D eigenvalue weighted by Gasteiger charge is 2.12. The Bertz CT molecular complexity index is 231. The lowest BCUT2D eigenvalue weighted by atomic mass is 10.1. The molecule has 0 aliphatic heterocycles. The summed E-state index contributed by atoms with van der Waals surface area (Å²) in [7, 11) is 0. The Morgan fingerprint density at radius 3 is 2.53 bits per heavy atom. The van der Waals surface area contributed by atoms with Gasteiger partial charge in [0.2, 0.25) is 18.2 Å². The molecule has 0 heterocycles. The number of nitrogens with two attached hydrogens (primary N) is 1. The summed E-state index contributed by atoms with van der Waals surface area (Å²) >= 11 is 0. The van der Waals surface area contributed by atoms with Gasteiger partial charge in [-0.25, -0.2) is 0 Å². The van der Waals surface area contributed by atoms with Gasteiger partial charge in [0.15, 0.2) is 0 Å². The summed E-state index contributed by atoms with van der Waals surface area (Å²) < 4.78 is 0. The minimum absolute atomic E-state index is 0.0764. The number of unbranched alkanes of at least 4 members (excludes halogenated alkanes) is 1. The van der Waals surface area contributed by atoms with Crippen molar-refractivity contribution in [3.05, 3.63) is 0 Å². The number of hydrogen-bond donors (Lipinski definition) is 3. The molecular formula is C9H17N3O3. The second-order valence-electron chi connectivity index (χ2n) is 3.22. The number of hydrogen-bond acceptors (Lipinski definition) is 3. The van der Waals surface area contributed by atoms with Crippen LogP contribution in [-0.4, -0.2) is 30.8 Å². The molecule has 0 saturated carbocycles. The normalized spacial score (nSPS) is 11.5. The zero-order chi connectivity index (χ0) is 11.7. The van der Waals surface area contributed by atoms with Crippen molar-refractivity contribution in [2.45, 2.75) is 32.2 Å². The molecule has 0 aliphatic rings. The molecule has 3 amide bonds. The van der Waals surface area contributed by atoms with Crippen LogP contribution < -0.4 is 16.4 Å². The van der Waals surface area contributed by atoms with Gasteiger partial charge in [-0.15, -0.1) is 0 Å². The van der Waals surface area contributed by atoms with Crippen LogP contribution in [0.15, 0.2) is 0 Å². The monoisotopic (exact) mass is 215 g/mol. The van der Waals surface area contributed by atoms with Crippen molar-refractivity contribution in [1.82, 2.24) is 10.6 Å². The standard InChI is InChI=1S/C9H17N3O3/c1-7(14)11-5-3-2-4-8(9(10)15)12-6-13/h6,8H,2-5H2,1H3,(H2,10,15)(H,11,14)(H,12,13). The average molecular weight is 215 g/mol. The molecule has 6 nitrogen and oxygen atoms in total. The van der Waals surface area contributed by atoms with Crippen LogP contribution in [0.25, 0.3) is 0 Å². The number of primary amides is 1. The fraction of sp³-hybridized carbons (Fsp3) is 0.667. The zero-order valence-electron chi connectivity index (χ0n) is 8.79. The molecule has 0 aromatic rings. The van der Waals surface area contributed by atoms with Crippen molar-refractivity contribution in [3.63, 3.8) is 0 Å². The Morgan fingerprint density at radius 1 is 1.40 bits per heavy atom. The summed E-state index contributed by atoms with van der Waals surface area (Å²) in [6.07, 6.45) is 2.43. The molecule has 0 radical (unpaired) electrons. The first-order valence-corrected chi connectivity index (χ1v) is 4.81. The lowest BCUT2D eigenvalue weighted by Crippen LogP contribution is -2.40. The largest absolute Gasteiger partial charge is 0.368 e. The maximum Gasteiger partial charge on any atom is 0.239 e. The lowest BCUT2D eigenvalue weighted by Gasteiger charge is -2.11. The second-order valence-corrected chi connectivity index (χ2v) is 3.22. The number of carbonyl (C=O) groups is 3. The highest BCUT2D eigenvalue weighted by molar-refractivity contribution is 5.81. The van der Waals surface area contributed by atoms with Gasteiger partial charge in [-0.1, -0.05) is 0 Å². The number of carbonyl (C=O) groups excluding carboxylic acids is 3. The van der Waals surface area contributed by atoms with Crippen LogP contribution in [0, 0.1) is 0 Å². The predicted octanol–water partition coefficient (Wildman–Crippen LogP) is -1.11. The Morgan fingerprint density at radius 2 is 2.07 bits per heavy atom. The Hall–Kier alpha value is -1.59. The van der Waals surface area contributed by atoms with Crippen molar-refractivity contribution in [2.24, 2.45) is 5.73 Å². The third-order valence-electron chi connectivity index (χ3n) is 1.91. The Kier molecular flexibility index (Phi) is 6.96. The summed E-state index contributed by atoms with van der Waals surface area (Å²) in [5, 5.41) is 4.97. The maximum atomic E-state index is 10.8. The fourth-order valence-corrected chi connectivity index (χ4v) is 1.13. The third-order valence-corrected chi connectivity index (χ3v) is 1.91. The summed E-state index contributed by atoms with van der Waals surface area (Å²) in [6, 6.07) is -0.611. The van der Waals surface area contributed by atoms with Gasteiger partial charge in [-0.05, 0) is 19.3 Å². The SMILES string of the molecule is CC(=O)NCCCCC(NC=O)C(N)=O. The molecule has 1 atom stereocenters. The van der Waals surface area contributed by atoms with E-state index in [0.717, 1.165) is 6.42 Å². The first-order chi connectivity index (χ1) is 7.07. The van der Waals surface area contributed by atoms with E-state index in [2.05, 4.69) is 10.6 Å². The number of rotatable bonds is 8. The summed E-state index contributed by atoms with van der Waals surface area (Å²) in [5.74, 6) is -0.617. The van der Waals surface area contributed by atoms with Gasteiger partial charge in [-0.3, -0.25) is 14.4 Å². The molecule has 1 unspecified atom stereocenters. The molecule has 0 fully saturated rings. The van der Waals surface area contributed by atoms with Gasteiger partial charge < -0.3 is 16.4 Å². The van der Waals surface area contributed by atoms with Gasteiger partial charge in [0.1, 0.15) is 6.04 Å². The van der Waals surface area contributed by atoms with E-state index in [1.54, 1.807) is 0 Å². The highest BCUT2D eigenvalue weighted by Crippen LogP contribution is 1.99. The van der Waals surface area contributed by atoms with Crippen LogP contribution in [0.4, 0.5) is 0 Å². The van der Waals surface area contributed by atoms with Gasteiger partial charge in [0, 0.05) is 13.5 Å². The van der Waals surface area contributed by atoms with Crippen LogP contribution in [0.3, 0.4) is 0 Å². The van der Waals surface area contributed by atoms with E-state index in [9.17, 15) is 14.4 Å². The maximum absolute atomic E-state index is 10.8. The molecule has 15 heavy (non-hydrogen) atoms. The van der Waals surface area contributed by atoms with Crippen molar-refractivity contribution in [2.75, 3.05) is 6.54 Å². The van der Waals surface area contributed by atoms with Gasteiger partial charge >= 0.3 is 0 Å². The van der Waals surface area contributed by atoms with E-state index >= 15 is 0 Å². The van der Waals surface area contributed by atoms with Crippen LogP contribution in [0.1, 0.15) is 26.2 Å². The summed E-state index contributed by atoms with van der Waals surface area (Å²) in [4.78, 5) is 31.4. The average Bonchev–Trinajstić information content (AvgIpc) is 2.15. The lowest BCUT2D eigenvalue weighted by molar-refractivity contribution is -0.123. The van der Waals surface area contributed by atoms with E-state index in [0.29, 0.717) is 25.8 Å². The van der Waals surface area contributed by atoms with Gasteiger partial charge in [0.25, 0.3) is 0 Å². The van der Waals surface area contributed by atoms with Crippen molar-refractivity contribution in [1.29, 1.82) is 0 Å². The highest BCUT2D eigenvalue weighted by atomic mass is 16.2. The molecule has 0 aliphatic carbocycles. The van der Waals surface area contributed by atoms with E-state index < -0.39 is 11.9 Å². The van der Waals surface area contributed by atoms with Crippen LogP contribution in [0.5, 0.6) is 0 Å². The van der Waals surface area contributed by atoms with Crippen molar-refractivity contribution < 1.29 is 14.4 Å². The molecule has 0 rings (SSSR count). The van der Waals surface area contributed by atoms with E-state index in [-0.39, 0.29) is 5.91 Å². The quantitative estimate of drug-likeness (QED) is 0.353. The number of nitrogens with one attached hydrogen (secondary N) is 2. The molecule has 0 aromatic heterocycles. The molecule has 0 aromatic carbocycles. The van der Waals surface area contributed by atoms with E-state index in [1.165, 1.54) is 6.92 Å². The molecule has 0 bridgehead atoms. The summed E-state index contributed by atoms with van der Waals surface area (Å²) in [5.41, 5.74) is 5.06. The molecule has 6 heteroatoms. The predicted molar refractivity (Wildman–Crippen MR) is 54.7 cm³/mol. The Balaban J connectivity index is 3.57. The van der Waals surface area contributed by atoms with Gasteiger partial charge in [0.05, 0.1) is 0 Å². The number of amides is 3. The summed E-state index contributed by atoms with van der Waals surface area (Å²) in [6.45, 7) is 2.02. The topological polar surface area (TPSA) is 101 Å². The molecule has 4 N–H and O–H groups in total. The molecule has 0 spiro atoms. The Labute approximate surface area is 88.6 Å². The van der Waals surface area contributed by atoms with E-state index in [4.69, 9.17) is 5.73 Å². The van der Waals surface area contributed by atoms with Crippen LogP contribution in [-0.2, 0) is 14.4 Å². The first kappa shape index (κ1) is 13.4. The van der Waals surface area contributed by atoms with Crippen LogP contribution in [0.2, 0.25) is 0 Å². The van der Waals surface area contributed by atoms with Gasteiger partial charge in [-0.2, -0.15) is 0 Å². The first-order valence-electron chi connectivity index (χ1n) is 4.81. The van der Waals surface area contributed by atoms with Crippen molar-refractivity contribution in [3.8, 4) is 0 Å². The minimum Gasteiger partial charge on any atom is -0.368 e. The minimum atomic E-state index is -0.611. The second kappa shape index (κ2) is 7.78. The van der Waals surface area contributed by atoms with Crippen molar-refractivity contribution >= 4 is 18.2 Å². The molecular weight excluding hydrogens is 198 g/mol. The molecule has 86 valence electrons. The fourth-order valence-electron chi connectivity index (χ4n) is 1.13. The molecule has 0 saturated heterocycles. The third kappa shape index (κ3) is 7.48. The smallest absolute Gasteiger partial charge is 0.239 e. The van der Waals surface area contributed by atoms with Crippen LogP contribution >= 0.6 is 0 Å². The van der Waals surface area contributed by atoms with E-state index in [1.807, 2.05) is 0 Å².